The molecule has 2 aromatic rings. The molecule has 7 nitrogen and oxygen atoms in total. The van der Waals surface area contributed by atoms with Gasteiger partial charge < -0.3 is 9.71 Å². The van der Waals surface area contributed by atoms with E-state index in [1.165, 1.54) is 30.3 Å². The molecule has 2 aliphatic heterocycles. The summed E-state index contributed by atoms with van der Waals surface area (Å²) in [5.74, 6) is -8.81. The molecule has 1 atom stereocenters. The van der Waals surface area contributed by atoms with Crippen LogP contribution in [0.1, 0.15) is 27.0 Å². The molecular formula is C22H12B6ClF2N3O4. The minimum atomic E-state index is -3.94. The number of hydrogen-bond acceptors (Lipinski definition) is 4. The SMILES string of the molecule is [B]N(Cc1ccc2c(c1)CN([C@@]1([B])C(=O)NC(=O)C([B])([B])C1([B])[B])C2=O)C(=O)C(F)(F)c1ccc(Cl)cc1. The van der Waals surface area contributed by atoms with Crippen molar-refractivity contribution in [1.29, 1.82) is 0 Å². The van der Waals surface area contributed by atoms with Crippen molar-refractivity contribution in [2.45, 2.75) is 34.9 Å². The number of fused-ring (bicyclic) bond motifs is 1. The lowest BCUT2D eigenvalue weighted by molar-refractivity contribution is -0.154. The predicted molar refractivity (Wildman–Crippen MR) is 138 cm³/mol. The Kier molecular flexibility index (Phi) is 6.70. The Labute approximate surface area is 229 Å². The van der Waals surface area contributed by atoms with Gasteiger partial charge in [0.15, 0.2) is 0 Å². The van der Waals surface area contributed by atoms with Crippen molar-refractivity contribution >= 4 is 82.4 Å². The number of alkyl halides is 2. The highest BCUT2D eigenvalue weighted by molar-refractivity contribution is 6.66. The molecule has 12 radical (unpaired) electrons. The second kappa shape index (κ2) is 9.07. The van der Waals surface area contributed by atoms with Gasteiger partial charge in [0, 0.05) is 29.2 Å². The number of imide groups is 1. The monoisotopic (exact) mass is 521 g/mol. The van der Waals surface area contributed by atoms with Crippen LogP contribution in [0.15, 0.2) is 42.5 Å². The van der Waals surface area contributed by atoms with E-state index < -0.39 is 57.5 Å². The maximum absolute atomic E-state index is 14.7. The molecule has 16 heteroatoms. The van der Waals surface area contributed by atoms with Gasteiger partial charge in [-0.15, -0.1) is 0 Å². The molecule has 4 amide bonds. The zero-order chi connectivity index (χ0) is 28.4. The molecule has 0 spiro atoms. The van der Waals surface area contributed by atoms with Crippen LogP contribution in [0.2, 0.25) is 15.5 Å². The number of amides is 4. The van der Waals surface area contributed by atoms with E-state index in [0.717, 1.165) is 17.0 Å². The molecule has 2 aliphatic rings. The van der Waals surface area contributed by atoms with Crippen LogP contribution in [0.3, 0.4) is 0 Å². The van der Waals surface area contributed by atoms with Crippen LogP contribution >= 0.6 is 11.6 Å². The zero-order valence-electron chi connectivity index (χ0n) is 19.6. The van der Waals surface area contributed by atoms with Gasteiger partial charge in [0.1, 0.15) is 7.85 Å². The van der Waals surface area contributed by atoms with E-state index in [1.807, 2.05) is 5.32 Å². The molecule has 1 fully saturated rings. The van der Waals surface area contributed by atoms with Crippen LogP contribution in [-0.2, 0) is 33.4 Å². The minimum Gasteiger partial charge on any atom is -0.387 e. The molecule has 0 unspecified atom stereocenters. The lowest BCUT2D eigenvalue weighted by atomic mass is 9.21. The molecule has 0 saturated carbocycles. The highest BCUT2D eigenvalue weighted by atomic mass is 35.5. The Morgan fingerprint density at radius 1 is 1.03 bits per heavy atom. The summed E-state index contributed by atoms with van der Waals surface area (Å²) in [6.45, 7) is -0.801. The standard InChI is InChI=1S/C22H12B6ClF2N3O4/c23-20(24)16(36)32-17(37)21(25,22(20,26)27)33-9-11-7-10(1-6-14(11)15(33)35)8-34(28)18(38)19(30,31)12-2-4-13(29)5-3-12/h1-7H,8-9H2,(H,32,36,37)/t21-/m0/s1. The van der Waals surface area contributed by atoms with Gasteiger partial charge in [-0.05, 0) is 34.5 Å². The molecule has 0 aromatic heterocycles. The van der Waals surface area contributed by atoms with Crippen molar-refractivity contribution in [1.82, 2.24) is 15.0 Å². The molecule has 4 rings (SSSR count). The smallest absolute Gasteiger partial charge is 0.348 e. The van der Waals surface area contributed by atoms with Crippen molar-refractivity contribution in [3.63, 3.8) is 0 Å². The van der Waals surface area contributed by atoms with Gasteiger partial charge in [0.05, 0.1) is 36.8 Å². The van der Waals surface area contributed by atoms with Crippen LogP contribution in [0.5, 0.6) is 0 Å². The number of benzene rings is 2. The number of nitrogens with one attached hydrogen (secondary N) is 1. The maximum atomic E-state index is 14.7. The van der Waals surface area contributed by atoms with Gasteiger partial charge in [-0.1, -0.05) is 41.1 Å². The van der Waals surface area contributed by atoms with Crippen LogP contribution in [0.4, 0.5) is 8.78 Å². The Morgan fingerprint density at radius 2 is 1.63 bits per heavy atom. The van der Waals surface area contributed by atoms with Gasteiger partial charge >= 0.3 is 5.92 Å². The van der Waals surface area contributed by atoms with E-state index in [-0.39, 0.29) is 28.3 Å². The van der Waals surface area contributed by atoms with Crippen molar-refractivity contribution in [3.8, 4) is 0 Å². The average molecular weight is 521 g/mol. The number of nitrogens with zero attached hydrogens (tertiary/aromatic N) is 2. The number of carbonyl (C=O) groups excluding carboxylic acids is 4. The third-order valence-electron chi connectivity index (χ3n) is 6.75. The Hall–Kier alpha value is -2.94. The molecule has 2 aromatic carbocycles. The first kappa shape index (κ1) is 28.1. The molecule has 0 aliphatic carbocycles. The predicted octanol–water partition coefficient (Wildman–Crippen LogP) is -0.0725. The second-order valence-electron chi connectivity index (χ2n) is 9.18. The summed E-state index contributed by atoms with van der Waals surface area (Å²) in [5.41, 5.74) is -2.54. The Bertz CT molecular complexity index is 1380. The summed E-state index contributed by atoms with van der Waals surface area (Å²) >= 11 is 5.72. The Morgan fingerprint density at radius 3 is 2.24 bits per heavy atom. The molecule has 1 saturated heterocycles. The topological polar surface area (TPSA) is 86.8 Å². The molecule has 2 heterocycles. The molecule has 178 valence electrons. The van der Waals surface area contributed by atoms with E-state index in [1.54, 1.807) is 0 Å². The van der Waals surface area contributed by atoms with Crippen LogP contribution in [0.25, 0.3) is 0 Å². The minimum absolute atomic E-state index is 0.0695. The van der Waals surface area contributed by atoms with Crippen molar-refractivity contribution in [3.05, 3.63) is 69.7 Å². The van der Waals surface area contributed by atoms with E-state index in [4.69, 9.17) is 58.8 Å². The summed E-state index contributed by atoms with van der Waals surface area (Å²) < 4.78 is 29.4. The highest BCUT2D eigenvalue weighted by Crippen LogP contribution is 2.55. The summed E-state index contributed by atoms with van der Waals surface area (Å²) in [7, 11) is 35.5. The Balaban J connectivity index is 1.58. The maximum Gasteiger partial charge on any atom is 0.348 e. The largest absolute Gasteiger partial charge is 0.387 e. The summed E-state index contributed by atoms with van der Waals surface area (Å²) in [5, 5.41) is -3.05. The van der Waals surface area contributed by atoms with Crippen molar-refractivity contribution < 1.29 is 28.0 Å². The number of piperidine rings is 1. The lowest BCUT2D eigenvalue weighted by Crippen LogP contribution is -2.75. The number of rotatable bonds is 5. The lowest BCUT2D eigenvalue weighted by Gasteiger charge is -2.60. The highest BCUT2D eigenvalue weighted by Gasteiger charge is 2.63. The first-order valence-corrected chi connectivity index (χ1v) is 11.3. The van der Waals surface area contributed by atoms with Crippen LogP contribution < -0.4 is 5.32 Å². The summed E-state index contributed by atoms with van der Waals surface area (Å²) in [6.07, 6.45) is 0. The van der Waals surface area contributed by atoms with E-state index in [2.05, 4.69) is 0 Å². The normalized spacial score (nSPS) is 22.1. The molecule has 1 N–H and O–H groups in total. The molecule has 38 heavy (non-hydrogen) atoms. The van der Waals surface area contributed by atoms with Gasteiger partial charge in [0.2, 0.25) is 19.8 Å². The van der Waals surface area contributed by atoms with Gasteiger partial charge in [-0.25, -0.2) is 0 Å². The van der Waals surface area contributed by atoms with E-state index >= 15 is 0 Å². The number of halogens is 3. The quantitative estimate of drug-likeness (QED) is 0.442. The summed E-state index contributed by atoms with van der Waals surface area (Å²) in [4.78, 5) is 51.6. The number of carbonyl (C=O) groups is 4. The van der Waals surface area contributed by atoms with Gasteiger partial charge in [-0.3, -0.25) is 24.5 Å². The zero-order valence-corrected chi connectivity index (χ0v) is 20.3. The van der Waals surface area contributed by atoms with Crippen molar-refractivity contribution in [2.24, 2.45) is 0 Å². The fourth-order valence-corrected chi connectivity index (χ4v) is 4.45. The summed E-state index contributed by atoms with van der Waals surface area (Å²) in [6, 6.07) is 8.54. The number of hydrogen-bond donors (Lipinski definition) is 1. The van der Waals surface area contributed by atoms with Gasteiger partial charge in [-0.2, -0.15) is 8.78 Å². The molecule has 0 bridgehead atoms. The first-order valence-electron chi connectivity index (χ1n) is 10.9. The fourth-order valence-electron chi connectivity index (χ4n) is 4.33. The fraction of sp³-hybridized carbons (Fsp3) is 0.273. The molecular weight excluding hydrogens is 509 g/mol. The van der Waals surface area contributed by atoms with Crippen molar-refractivity contribution in [2.75, 3.05) is 0 Å². The van der Waals surface area contributed by atoms with E-state index in [9.17, 15) is 28.0 Å². The average Bonchev–Trinajstić information content (AvgIpc) is 3.17. The van der Waals surface area contributed by atoms with Gasteiger partial charge in [0.25, 0.3) is 11.8 Å². The van der Waals surface area contributed by atoms with Crippen LogP contribution in [0, 0.1) is 0 Å². The second-order valence-corrected chi connectivity index (χ2v) is 9.62. The third kappa shape index (κ3) is 4.01. The van der Waals surface area contributed by atoms with E-state index in [0.29, 0.717) is 4.81 Å². The first-order chi connectivity index (χ1) is 17.5. The van der Waals surface area contributed by atoms with Crippen LogP contribution in [-0.4, -0.2) is 86.0 Å². The third-order valence-corrected chi connectivity index (χ3v) is 7.00.